The summed E-state index contributed by atoms with van der Waals surface area (Å²) in [7, 11) is 0. The van der Waals surface area contributed by atoms with Gasteiger partial charge in [0.25, 0.3) is 0 Å². The molecule has 114 valence electrons. The number of nitrogen functional groups attached to an aromatic ring is 1. The summed E-state index contributed by atoms with van der Waals surface area (Å²) in [6.45, 7) is 2.75. The average Bonchev–Trinajstić information content (AvgIpc) is 2.48. The van der Waals surface area contributed by atoms with E-state index in [0.717, 1.165) is 24.3 Å². The molecule has 0 aliphatic heterocycles. The lowest BCUT2D eigenvalue weighted by molar-refractivity contribution is -0.126. The van der Waals surface area contributed by atoms with Crippen LogP contribution < -0.4 is 5.73 Å². The van der Waals surface area contributed by atoms with Gasteiger partial charge in [0.15, 0.2) is 0 Å². The van der Waals surface area contributed by atoms with Crippen molar-refractivity contribution in [2.45, 2.75) is 37.5 Å². The van der Waals surface area contributed by atoms with E-state index in [0.29, 0.717) is 16.5 Å². The molecule has 1 aliphatic carbocycles. The van der Waals surface area contributed by atoms with Gasteiger partial charge in [-0.3, -0.25) is 4.79 Å². The van der Waals surface area contributed by atoms with E-state index in [1.807, 2.05) is 17.9 Å². The van der Waals surface area contributed by atoms with Gasteiger partial charge in [-0.1, -0.05) is 17.7 Å². The first-order valence-corrected chi connectivity index (χ1v) is 8.65. The van der Waals surface area contributed by atoms with E-state index in [1.165, 1.54) is 30.3 Å². The molecular weight excluding hydrogens is 304 g/mol. The quantitative estimate of drug-likeness (QED) is 0.648. The highest BCUT2D eigenvalue weighted by molar-refractivity contribution is 8.00. The standard InChI is InChI=1S/C16H21ClN2OS/c1-2-19(13-6-4-3-5-7-13)16(20)11-21-15-9-8-12(17)10-14(15)18/h6,8-10H,2-5,7,11,18H2,1H3. The highest BCUT2D eigenvalue weighted by Gasteiger charge is 2.18. The van der Waals surface area contributed by atoms with Crippen LogP contribution in [0, 0.1) is 0 Å². The number of hydrogen-bond acceptors (Lipinski definition) is 3. The minimum Gasteiger partial charge on any atom is -0.398 e. The van der Waals surface area contributed by atoms with Crippen LogP contribution >= 0.6 is 23.4 Å². The Kier molecular flexibility index (Phi) is 6.00. The summed E-state index contributed by atoms with van der Waals surface area (Å²) in [5.41, 5.74) is 7.72. The third kappa shape index (κ3) is 4.42. The van der Waals surface area contributed by atoms with Crippen molar-refractivity contribution in [1.29, 1.82) is 0 Å². The Morgan fingerprint density at radius 2 is 2.24 bits per heavy atom. The smallest absolute Gasteiger partial charge is 0.237 e. The number of anilines is 1. The number of carbonyl (C=O) groups excluding carboxylic acids is 1. The van der Waals surface area contributed by atoms with Gasteiger partial charge in [-0.05, 0) is 50.8 Å². The molecule has 0 bridgehead atoms. The molecule has 3 nitrogen and oxygen atoms in total. The first-order valence-electron chi connectivity index (χ1n) is 7.29. The van der Waals surface area contributed by atoms with Crippen molar-refractivity contribution in [3.63, 3.8) is 0 Å². The Morgan fingerprint density at radius 3 is 2.86 bits per heavy atom. The Balaban J connectivity index is 1.97. The van der Waals surface area contributed by atoms with Crippen LogP contribution in [-0.4, -0.2) is 23.1 Å². The van der Waals surface area contributed by atoms with Crippen LogP contribution in [-0.2, 0) is 4.79 Å². The summed E-state index contributed by atoms with van der Waals surface area (Å²) in [5, 5.41) is 0.616. The van der Waals surface area contributed by atoms with E-state index in [1.54, 1.807) is 12.1 Å². The summed E-state index contributed by atoms with van der Waals surface area (Å²) in [5.74, 6) is 0.543. The number of amides is 1. The van der Waals surface area contributed by atoms with Crippen LogP contribution in [0.3, 0.4) is 0 Å². The molecular formula is C16H21ClN2OS. The van der Waals surface area contributed by atoms with E-state index >= 15 is 0 Å². The Labute approximate surface area is 135 Å². The van der Waals surface area contributed by atoms with Crippen LogP contribution in [0.25, 0.3) is 0 Å². The van der Waals surface area contributed by atoms with Gasteiger partial charge >= 0.3 is 0 Å². The van der Waals surface area contributed by atoms with Crippen LogP contribution in [0.4, 0.5) is 5.69 Å². The maximum atomic E-state index is 12.4. The van der Waals surface area contributed by atoms with Gasteiger partial charge in [0.05, 0.1) is 5.75 Å². The molecule has 0 saturated carbocycles. The van der Waals surface area contributed by atoms with Crippen molar-refractivity contribution >= 4 is 35.0 Å². The van der Waals surface area contributed by atoms with Gasteiger partial charge in [0.2, 0.25) is 5.91 Å². The summed E-state index contributed by atoms with van der Waals surface area (Å²) >= 11 is 7.35. The van der Waals surface area contributed by atoms with Gasteiger partial charge in [-0.2, -0.15) is 0 Å². The molecule has 2 rings (SSSR count). The van der Waals surface area contributed by atoms with Gasteiger partial charge in [-0.25, -0.2) is 0 Å². The van der Waals surface area contributed by atoms with Crippen molar-refractivity contribution in [3.05, 3.63) is 35.0 Å². The van der Waals surface area contributed by atoms with Crippen LogP contribution in [0.1, 0.15) is 32.6 Å². The minimum absolute atomic E-state index is 0.144. The minimum atomic E-state index is 0.144. The molecule has 21 heavy (non-hydrogen) atoms. The molecule has 0 atom stereocenters. The SMILES string of the molecule is CCN(C(=O)CSc1ccc(Cl)cc1N)C1=CCCCC1. The third-order valence-electron chi connectivity index (χ3n) is 3.55. The molecule has 0 heterocycles. The van der Waals surface area contributed by atoms with Gasteiger partial charge in [-0.15, -0.1) is 11.8 Å². The molecule has 1 aliphatic rings. The monoisotopic (exact) mass is 324 g/mol. The molecule has 1 aromatic rings. The van der Waals surface area contributed by atoms with Crippen molar-refractivity contribution in [2.24, 2.45) is 0 Å². The molecule has 0 unspecified atom stereocenters. The molecule has 5 heteroatoms. The van der Waals surface area contributed by atoms with Crippen LogP contribution in [0.15, 0.2) is 34.9 Å². The van der Waals surface area contributed by atoms with Gasteiger partial charge in [0.1, 0.15) is 0 Å². The number of hydrogen-bond donors (Lipinski definition) is 1. The second-order valence-electron chi connectivity index (χ2n) is 5.05. The van der Waals surface area contributed by atoms with E-state index in [2.05, 4.69) is 6.08 Å². The molecule has 1 amide bonds. The average molecular weight is 325 g/mol. The highest BCUT2D eigenvalue weighted by Crippen LogP contribution is 2.29. The van der Waals surface area contributed by atoms with Crippen LogP contribution in [0.5, 0.6) is 0 Å². The second kappa shape index (κ2) is 7.76. The number of thioether (sulfide) groups is 1. The second-order valence-corrected chi connectivity index (χ2v) is 6.50. The zero-order valence-corrected chi connectivity index (χ0v) is 13.8. The Bertz CT molecular complexity index is 545. The zero-order chi connectivity index (χ0) is 15.2. The first-order chi connectivity index (χ1) is 10.1. The molecule has 2 N–H and O–H groups in total. The van der Waals surface area contributed by atoms with E-state index in [4.69, 9.17) is 17.3 Å². The number of nitrogens with zero attached hydrogens (tertiary/aromatic N) is 1. The lowest BCUT2D eigenvalue weighted by atomic mass is 10.0. The molecule has 0 fully saturated rings. The van der Waals surface area contributed by atoms with Crippen LogP contribution in [0.2, 0.25) is 5.02 Å². The third-order valence-corrected chi connectivity index (χ3v) is 4.86. The summed E-state index contributed by atoms with van der Waals surface area (Å²) in [6.07, 6.45) is 6.69. The van der Waals surface area contributed by atoms with Crippen molar-refractivity contribution in [3.8, 4) is 0 Å². The lowest BCUT2D eigenvalue weighted by Crippen LogP contribution is -2.32. The number of rotatable bonds is 5. The maximum Gasteiger partial charge on any atom is 0.237 e. The summed E-state index contributed by atoms with van der Waals surface area (Å²) in [6, 6.07) is 5.38. The van der Waals surface area contributed by atoms with Crippen molar-refractivity contribution < 1.29 is 4.79 Å². The fraction of sp³-hybridized carbons (Fsp3) is 0.438. The Hall–Kier alpha value is -1.13. The summed E-state index contributed by atoms with van der Waals surface area (Å²) in [4.78, 5) is 15.2. The van der Waals surface area contributed by atoms with Gasteiger partial charge in [0, 0.05) is 27.8 Å². The van der Waals surface area contributed by atoms with Crippen molar-refractivity contribution in [2.75, 3.05) is 18.0 Å². The number of benzene rings is 1. The highest BCUT2D eigenvalue weighted by atomic mass is 35.5. The predicted octanol–water partition coefficient (Wildman–Crippen LogP) is 4.32. The molecule has 0 radical (unpaired) electrons. The Morgan fingerprint density at radius 1 is 1.43 bits per heavy atom. The topological polar surface area (TPSA) is 46.3 Å². The zero-order valence-electron chi connectivity index (χ0n) is 12.3. The first kappa shape index (κ1) is 16.2. The predicted molar refractivity (Wildman–Crippen MR) is 90.5 cm³/mol. The fourth-order valence-electron chi connectivity index (χ4n) is 2.47. The van der Waals surface area contributed by atoms with Gasteiger partial charge < -0.3 is 10.6 Å². The lowest BCUT2D eigenvalue weighted by Gasteiger charge is -2.26. The largest absolute Gasteiger partial charge is 0.398 e. The molecule has 0 aromatic heterocycles. The molecule has 0 saturated heterocycles. The van der Waals surface area contributed by atoms with E-state index < -0.39 is 0 Å². The molecule has 0 spiro atoms. The van der Waals surface area contributed by atoms with E-state index in [-0.39, 0.29) is 5.91 Å². The normalized spacial score (nSPS) is 14.7. The number of allylic oxidation sites excluding steroid dienone is 2. The summed E-state index contributed by atoms with van der Waals surface area (Å²) < 4.78 is 0. The number of halogens is 1. The molecule has 1 aromatic carbocycles. The number of carbonyl (C=O) groups is 1. The number of nitrogens with two attached hydrogens (primary N) is 1. The maximum absolute atomic E-state index is 12.4. The fourth-order valence-corrected chi connectivity index (χ4v) is 3.48. The van der Waals surface area contributed by atoms with Crippen molar-refractivity contribution in [1.82, 2.24) is 4.90 Å². The van der Waals surface area contributed by atoms with E-state index in [9.17, 15) is 4.79 Å².